The third-order valence-electron chi connectivity index (χ3n) is 3.65. The molecule has 0 radical (unpaired) electrons. The molecule has 0 amide bonds. The van der Waals surface area contributed by atoms with E-state index in [1.165, 1.54) is 12.1 Å². The first-order valence-corrected chi connectivity index (χ1v) is 7.32. The van der Waals surface area contributed by atoms with E-state index in [1.807, 2.05) is 13.8 Å². The third-order valence-corrected chi connectivity index (χ3v) is 3.65. The largest absolute Gasteiger partial charge is 0.370 e. The molecule has 0 aromatic heterocycles. The summed E-state index contributed by atoms with van der Waals surface area (Å²) in [5, 5.41) is 3.32. The topological polar surface area (TPSA) is 38.3 Å². The van der Waals surface area contributed by atoms with Crippen molar-refractivity contribution >= 4 is 24.3 Å². The van der Waals surface area contributed by atoms with Gasteiger partial charge in [-0.2, -0.15) is 0 Å². The van der Waals surface area contributed by atoms with Crippen LogP contribution in [0.25, 0.3) is 6.08 Å². The Morgan fingerprint density at radius 3 is 2.77 bits per heavy atom. The molecule has 1 aliphatic rings. The zero-order chi connectivity index (χ0) is 15.3. The Morgan fingerprint density at radius 1 is 1.45 bits per heavy atom. The molecule has 1 aliphatic heterocycles. The van der Waals surface area contributed by atoms with Crippen molar-refractivity contribution in [1.29, 1.82) is 0 Å². The molecule has 0 aliphatic carbocycles. The van der Waals surface area contributed by atoms with Crippen LogP contribution in [0.15, 0.2) is 30.3 Å². The molecule has 2 unspecified atom stereocenters. The molecule has 2 rings (SSSR count). The van der Waals surface area contributed by atoms with Crippen molar-refractivity contribution < 1.29 is 13.9 Å². The maximum atomic E-state index is 12.8. The summed E-state index contributed by atoms with van der Waals surface area (Å²) in [4.78, 5) is 11.9. The van der Waals surface area contributed by atoms with Crippen molar-refractivity contribution in [2.45, 2.75) is 38.4 Å². The second-order valence-electron chi connectivity index (χ2n) is 5.86. The van der Waals surface area contributed by atoms with Crippen molar-refractivity contribution in [2.24, 2.45) is 0 Å². The number of ether oxygens (including phenoxy) is 1. The van der Waals surface area contributed by atoms with Crippen LogP contribution in [0.1, 0.15) is 32.3 Å². The Hall–Kier alpha value is -1.23. The van der Waals surface area contributed by atoms with Gasteiger partial charge in [0.25, 0.3) is 0 Å². The number of benzene rings is 1. The van der Waals surface area contributed by atoms with E-state index in [0.717, 1.165) is 18.7 Å². The molecule has 1 heterocycles. The van der Waals surface area contributed by atoms with E-state index in [2.05, 4.69) is 5.32 Å². The van der Waals surface area contributed by atoms with Gasteiger partial charge in [-0.25, -0.2) is 4.39 Å². The Labute approximate surface area is 137 Å². The van der Waals surface area contributed by atoms with Crippen LogP contribution in [-0.2, 0) is 9.53 Å². The highest BCUT2D eigenvalue weighted by atomic mass is 35.5. The fourth-order valence-corrected chi connectivity index (χ4v) is 2.49. The van der Waals surface area contributed by atoms with Gasteiger partial charge < -0.3 is 10.1 Å². The molecule has 2 atom stereocenters. The van der Waals surface area contributed by atoms with Crippen molar-refractivity contribution in [2.75, 3.05) is 13.1 Å². The van der Waals surface area contributed by atoms with Gasteiger partial charge in [0.2, 0.25) is 0 Å². The lowest BCUT2D eigenvalue weighted by atomic mass is 9.96. The molecule has 0 saturated carbocycles. The van der Waals surface area contributed by atoms with Gasteiger partial charge in [0.1, 0.15) is 5.82 Å². The zero-order valence-corrected chi connectivity index (χ0v) is 13.8. The van der Waals surface area contributed by atoms with Crippen LogP contribution in [0.4, 0.5) is 4.39 Å². The van der Waals surface area contributed by atoms with E-state index >= 15 is 0 Å². The van der Waals surface area contributed by atoms with Gasteiger partial charge in [-0.15, -0.1) is 12.4 Å². The summed E-state index contributed by atoms with van der Waals surface area (Å²) in [6.07, 6.45) is 4.58. The first-order chi connectivity index (χ1) is 9.97. The van der Waals surface area contributed by atoms with E-state index in [4.69, 9.17) is 4.74 Å². The molecular formula is C17H23ClFNO2. The molecule has 1 fully saturated rings. The van der Waals surface area contributed by atoms with Crippen LogP contribution in [0.5, 0.6) is 0 Å². The summed E-state index contributed by atoms with van der Waals surface area (Å²) >= 11 is 0. The quantitative estimate of drug-likeness (QED) is 0.843. The summed E-state index contributed by atoms with van der Waals surface area (Å²) in [5.41, 5.74) is 0.539. The lowest BCUT2D eigenvalue weighted by Gasteiger charge is -2.38. The number of nitrogens with one attached hydrogen (secondary N) is 1. The molecule has 5 heteroatoms. The highest BCUT2D eigenvalue weighted by molar-refractivity contribution is 5.93. The van der Waals surface area contributed by atoms with E-state index in [0.29, 0.717) is 12.8 Å². The summed E-state index contributed by atoms with van der Waals surface area (Å²) in [7, 11) is 0. The number of allylic oxidation sites excluding steroid dienone is 1. The Kier molecular flexibility index (Phi) is 7.20. The molecular weight excluding hydrogens is 305 g/mol. The highest BCUT2D eigenvalue weighted by Gasteiger charge is 2.30. The Morgan fingerprint density at radius 2 is 2.14 bits per heavy atom. The number of ketones is 1. The number of halogens is 2. The molecule has 22 heavy (non-hydrogen) atoms. The van der Waals surface area contributed by atoms with Crippen LogP contribution >= 0.6 is 12.4 Å². The first-order valence-electron chi connectivity index (χ1n) is 7.32. The Balaban J connectivity index is 0.00000242. The van der Waals surface area contributed by atoms with E-state index in [-0.39, 0.29) is 35.7 Å². The van der Waals surface area contributed by atoms with Crippen LogP contribution in [0.3, 0.4) is 0 Å². The molecule has 1 aromatic carbocycles. The smallest absolute Gasteiger partial charge is 0.155 e. The van der Waals surface area contributed by atoms with E-state index in [9.17, 15) is 9.18 Å². The lowest BCUT2D eigenvalue weighted by Crippen LogP contribution is -2.51. The van der Waals surface area contributed by atoms with Crippen molar-refractivity contribution in [1.82, 2.24) is 5.32 Å². The molecule has 1 aromatic rings. The van der Waals surface area contributed by atoms with Crippen LogP contribution in [0.2, 0.25) is 0 Å². The maximum Gasteiger partial charge on any atom is 0.155 e. The van der Waals surface area contributed by atoms with Crippen LogP contribution in [-0.4, -0.2) is 30.6 Å². The van der Waals surface area contributed by atoms with Crippen molar-refractivity contribution in [3.05, 3.63) is 41.7 Å². The average Bonchev–Trinajstić information content (AvgIpc) is 2.44. The predicted molar refractivity (Wildman–Crippen MR) is 88.7 cm³/mol. The molecule has 1 N–H and O–H groups in total. The van der Waals surface area contributed by atoms with Gasteiger partial charge in [0.15, 0.2) is 5.78 Å². The van der Waals surface area contributed by atoms with Gasteiger partial charge in [-0.3, -0.25) is 4.79 Å². The SMILES string of the molecule is CC1CNCC(C)(CCC(=O)C=Cc2ccc(F)cc2)O1.Cl. The minimum Gasteiger partial charge on any atom is -0.370 e. The minimum atomic E-state index is -0.281. The zero-order valence-electron chi connectivity index (χ0n) is 13.0. The summed E-state index contributed by atoms with van der Waals surface area (Å²) in [6, 6.07) is 6.06. The van der Waals surface area contributed by atoms with Crippen LogP contribution in [0, 0.1) is 5.82 Å². The normalized spacial score (nSPS) is 25.0. The number of hydrogen-bond acceptors (Lipinski definition) is 3. The molecule has 1 saturated heterocycles. The monoisotopic (exact) mass is 327 g/mol. The number of carbonyl (C=O) groups is 1. The minimum absolute atomic E-state index is 0. The van der Waals surface area contributed by atoms with Gasteiger partial charge >= 0.3 is 0 Å². The van der Waals surface area contributed by atoms with Crippen LogP contribution < -0.4 is 5.32 Å². The van der Waals surface area contributed by atoms with Gasteiger partial charge in [0, 0.05) is 19.5 Å². The lowest BCUT2D eigenvalue weighted by molar-refractivity contribution is -0.121. The number of hydrogen-bond donors (Lipinski definition) is 1. The maximum absolute atomic E-state index is 12.8. The fraction of sp³-hybridized carbons (Fsp3) is 0.471. The second-order valence-corrected chi connectivity index (χ2v) is 5.86. The average molecular weight is 328 g/mol. The number of morpholine rings is 1. The summed E-state index contributed by atoms with van der Waals surface area (Å²) < 4.78 is 18.7. The molecule has 0 bridgehead atoms. The highest BCUT2D eigenvalue weighted by Crippen LogP contribution is 2.22. The number of rotatable bonds is 5. The van der Waals surface area contributed by atoms with Crippen molar-refractivity contribution in [3.63, 3.8) is 0 Å². The predicted octanol–water partition coefficient (Wildman–Crippen LogP) is 3.38. The third kappa shape index (κ3) is 5.87. The first kappa shape index (κ1) is 18.8. The van der Waals surface area contributed by atoms with Gasteiger partial charge in [-0.05, 0) is 44.0 Å². The van der Waals surface area contributed by atoms with Crippen molar-refractivity contribution in [3.8, 4) is 0 Å². The Bertz CT molecular complexity index is 518. The molecule has 3 nitrogen and oxygen atoms in total. The summed E-state index contributed by atoms with van der Waals surface area (Å²) in [6.45, 7) is 5.69. The molecule has 0 spiro atoms. The van der Waals surface area contributed by atoms with Gasteiger partial charge in [0.05, 0.1) is 11.7 Å². The van der Waals surface area contributed by atoms with E-state index < -0.39 is 0 Å². The fourth-order valence-electron chi connectivity index (χ4n) is 2.49. The van der Waals surface area contributed by atoms with E-state index in [1.54, 1.807) is 24.3 Å². The second kappa shape index (κ2) is 8.42. The molecule has 122 valence electrons. The summed E-state index contributed by atoms with van der Waals surface area (Å²) in [5.74, 6) is -0.218. The standard InChI is InChI=1S/C17H22FNO2.ClH/c1-13-11-19-12-17(2,21-13)10-9-16(20)8-5-14-3-6-15(18)7-4-14;/h3-8,13,19H,9-12H2,1-2H3;1H. The number of carbonyl (C=O) groups excluding carboxylic acids is 1. The van der Waals surface area contributed by atoms with Gasteiger partial charge in [-0.1, -0.05) is 18.2 Å².